The highest BCUT2D eigenvalue weighted by molar-refractivity contribution is 7.80. The second-order valence-electron chi connectivity index (χ2n) is 6.50. The average Bonchev–Trinajstić information content (AvgIpc) is 3.09. The summed E-state index contributed by atoms with van der Waals surface area (Å²) in [6, 6.07) is 16.5. The Bertz CT molecular complexity index is 717. The summed E-state index contributed by atoms with van der Waals surface area (Å²) in [7, 11) is 1.69. The predicted octanol–water partition coefficient (Wildman–Crippen LogP) is 3.82. The molecule has 2 aromatic carbocycles. The molecule has 0 amide bonds. The fourth-order valence-corrected chi connectivity index (χ4v) is 3.36. The molecule has 0 radical (unpaired) electrons. The van der Waals surface area contributed by atoms with Gasteiger partial charge in [0.1, 0.15) is 5.75 Å². The van der Waals surface area contributed by atoms with Gasteiger partial charge < -0.3 is 20.3 Å². The summed E-state index contributed by atoms with van der Waals surface area (Å²) in [6.45, 7) is 5.10. The van der Waals surface area contributed by atoms with Crippen LogP contribution in [0, 0.1) is 12.8 Å². The van der Waals surface area contributed by atoms with Crippen LogP contribution in [0.5, 0.6) is 5.75 Å². The second kappa shape index (κ2) is 8.21. The number of thiocarbonyl (C=S) groups is 1. The Hall–Kier alpha value is -2.27. The maximum absolute atomic E-state index is 5.41. The highest BCUT2D eigenvalue weighted by Gasteiger charge is 2.22. The van der Waals surface area contributed by atoms with Gasteiger partial charge in [0.15, 0.2) is 5.11 Å². The third-order valence-electron chi connectivity index (χ3n) is 4.55. The van der Waals surface area contributed by atoms with E-state index in [9.17, 15) is 0 Å². The molecule has 1 aliphatic heterocycles. The number of ether oxygens (including phenoxy) is 1. The normalized spacial score (nSPS) is 16.6. The van der Waals surface area contributed by atoms with Gasteiger partial charge in [0, 0.05) is 31.0 Å². The largest absolute Gasteiger partial charge is 0.497 e. The molecule has 1 fully saturated rings. The zero-order valence-electron chi connectivity index (χ0n) is 14.8. The van der Waals surface area contributed by atoms with Gasteiger partial charge in [-0.2, -0.15) is 0 Å². The molecular formula is C20H25N3OS. The quantitative estimate of drug-likeness (QED) is 0.798. The van der Waals surface area contributed by atoms with Gasteiger partial charge in [0.25, 0.3) is 0 Å². The summed E-state index contributed by atoms with van der Waals surface area (Å²) < 4.78 is 5.22. The molecule has 2 aromatic rings. The minimum atomic E-state index is 0.597. The van der Waals surface area contributed by atoms with Gasteiger partial charge in [-0.3, -0.25) is 0 Å². The van der Waals surface area contributed by atoms with Crippen LogP contribution in [0.25, 0.3) is 0 Å². The van der Waals surface area contributed by atoms with E-state index in [0.717, 1.165) is 31.1 Å². The molecule has 0 aromatic heterocycles. The second-order valence-corrected chi connectivity index (χ2v) is 6.91. The van der Waals surface area contributed by atoms with Crippen molar-refractivity contribution in [2.45, 2.75) is 13.3 Å². The number of aryl methyl sites for hydroxylation is 1. The first-order chi connectivity index (χ1) is 12.1. The molecule has 0 aliphatic carbocycles. The topological polar surface area (TPSA) is 36.5 Å². The molecule has 0 bridgehead atoms. The van der Waals surface area contributed by atoms with Crippen LogP contribution >= 0.6 is 12.2 Å². The summed E-state index contributed by atoms with van der Waals surface area (Å²) in [5, 5.41) is 7.30. The van der Waals surface area contributed by atoms with E-state index in [2.05, 4.69) is 46.7 Å². The van der Waals surface area contributed by atoms with Gasteiger partial charge in [0.05, 0.1) is 7.11 Å². The predicted molar refractivity (Wildman–Crippen MR) is 109 cm³/mol. The number of methoxy groups -OCH3 is 1. The lowest BCUT2D eigenvalue weighted by molar-refractivity contribution is 0.415. The van der Waals surface area contributed by atoms with E-state index in [-0.39, 0.29) is 0 Å². The van der Waals surface area contributed by atoms with Crippen molar-refractivity contribution in [2.24, 2.45) is 5.92 Å². The van der Waals surface area contributed by atoms with Crippen LogP contribution in [-0.2, 0) is 0 Å². The number of nitrogens with zero attached hydrogens (tertiary/aromatic N) is 1. The molecule has 3 rings (SSSR count). The Morgan fingerprint density at radius 1 is 1.24 bits per heavy atom. The van der Waals surface area contributed by atoms with Crippen molar-refractivity contribution in [3.8, 4) is 5.75 Å². The van der Waals surface area contributed by atoms with Gasteiger partial charge in [-0.15, -0.1) is 0 Å². The van der Waals surface area contributed by atoms with Crippen LogP contribution < -0.4 is 20.3 Å². The molecule has 2 N–H and O–H groups in total. The first kappa shape index (κ1) is 17.5. The van der Waals surface area contributed by atoms with Crippen molar-refractivity contribution in [2.75, 3.05) is 37.0 Å². The zero-order valence-corrected chi connectivity index (χ0v) is 15.6. The van der Waals surface area contributed by atoms with Crippen LogP contribution in [0.15, 0.2) is 48.5 Å². The number of rotatable bonds is 5. The number of benzene rings is 2. The Labute approximate surface area is 155 Å². The average molecular weight is 356 g/mol. The lowest BCUT2D eigenvalue weighted by Gasteiger charge is -2.19. The minimum absolute atomic E-state index is 0.597. The van der Waals surface area contributed by atoms with Crippen LogP contribution in [0.3, 0.4) is 0 Å². The summed E-state index contributed by atoms with van der Waals surface area (Å²) >= 11 is 5.41. The molecule has 4 nitrogen and oxygen atoms in total. The van der Waals surface area contributed by atoms with E-state index in [1.807, 2.05) is 24.3 Å². The van der Waals surface area contributed by atoms with Crippen molar-refractivity contribution in [3.05, 3.63) is 54.1 Å². The summed E-state index contributed by atoms with van der Waals surface area (Å²) in [4.78, 5) is 2.42. The highest BCUT2D eigenvalue weighted by atomic mass is 32.1. The Morgan fingerprint density at radius 3 is 2.76 bits per heavy atom. The maximum Gasteiger partial charge on any atom is 0.170 e. The highest BCUT2D eigenvalue weighted by Crippen LogP contribution is 2.25. The monoisotopic (exact) mass is 355 g/mol. The van der Waals surface area contributed by atoms with Crippen molar-refractivity contribution in [1.82, 2.24) is 5.32 Å². The van der Waals surface area contributed by atoms with Gasteiger partial charge in [-0.1, -0.05) is 12.1 Å². The maximum atomic E-state index is 5.41. The molecule has 5 heteroatoms. The van der Waals surface area contributed by atoms with E-state index in [0.29, 0.717) is 11.0 Å². The Balaban J connectivity index is 1.45. The molecule has 25 heavy (non-hydrogen) atoms. The number of nitrogens with one attached hydrogen (secondary N) is 2. The smallest absolute Gasteiger partial charge is 0.170 e. The summed E-state index contributed by atoms with van der Waals surface area (Å²) in [5.41, 5.74) is 3.51. The van der Waals surface area contributed by atoms with Crippen molar-refractivity contribution in [3.63, 3.8) is 0 Å². The van der Waals surface area contributed by atoms with Crippen LogP contribution in [-0.4, -0.2) is 31.9 Å². The summed E-state index contributed by atoms with van der Waals surface area (Å²) in [6.07, 6.45) is 1.17. The van der Waals surface area contributed by atoms with Gasteiger partial charge >= 0.3 is 0 Å². The molecule has 1 saturated heterocycles. The molecule has 1 aliphatic rings. The molecule has 1 heterocycles. The molecule has 1 atom stereocenters. The van der Waals surface area contributed by atoms with Crippen LogP contribution in [0.4, 0.5) is 11.4 Å². The van der Waals surface area contributed by atoms with Crippen molar-refractivity contribution >= 4 is 28.7 Å². The SMILES string of the molecule is COc1ccc(N2CC[C@H](CNC(=S)Nc3cccc(C)c3)C2)cc1. The standard InChI is InChI=1S/C20H25N3OS/c1-15-4-3-5-17(12-15)22-20(25)21-13-16-10-11-23(14-16)18-6-8-19(24-2)9-7-18/h3-9,12,16H,10-11,13-14H2,1-2H3,(H2,21,22,25)/t16-/m1/s1. The molecule has 0 saturated carbocycles. The molecule has 132 valence electrons. The van der Waals surface area contributed by atoms with E-state index in [1.165, 1.54) is 17.7 Å². The molecular weight excluding hydrogens is 330 g/mol. The van der Waals surface area contributed by atoms with E-state index in [1.54, 1.807) is 7.11 Å². The third kappa shape index (κ3) is 4.86. The summed E-state index contributed by atoms with van der Waals surface area (Å²) in [5.74, 6) is 1.49. The van der Waals surface area contributed by atoms with E-state index >= 15 is 0 Å². The lowest BCUT2D eigenvalue weighted by Crippen LogP contribution is -2.34. The number of hydrogen-bond acceptors (Lipinski definition) is 3. The molecule has 0 spiro atoms. The van der Waals surface area contributed by atoms with E-state index in [4.69, 9.17) is 17.0 Å². The fourth-order valence-electron chi connectivity index (χ4n) is 3.16. The number of anilines is 2. The van der Waals surface area contributed by atoms with Gasteiger partial charge in [0.2, 0.25) is 0 Å². The first-order valence-corrected chi connectivity index (χ1v) is 9.05. The first-order valence-electron chi connectivity index (χ1n) is 8.64. The van der Waals surface area contributed by atoms with Crippen molar-refractivity contribution in [1.29, 1.82) is 0 Å². The molecule has 0 unspecified atom stereocenters. The minimum Gasteiger partial charge on any atom is -0.497 e. The Morgan fingerprint density at radius 2 is 2.04 bits per heavy atom. The lowest BCUT2D eigenvalue weighted by atomic mass is 10.1. The van der Waals surface area contributed by atoms with Gasteiger partial charge in [-0.05, 0) is 73.4 Å². The Kier molecular flexibility index (Phi) is 5.76. The third-order valence-corrected chi connectivity index (χ3v) is 4.80. The van der Waals surface area contributed by atoms with Crippen LogP contribution in [0.1, 0.15) is 12.0 Å². The van der Waals surface area contributed by atoms with Gasteiger partial charge in [-0.25, -0.2) is 0 Å². The van der Waals surface area contributed by atoms with E-state index < -0.39 is 0 Å². The number of hydrogen-bond donors (Lipinski definition) is 2. The van der Waals surface area contributed by atoms with Crippen LogP contribution in [0.2, 0.25) is 0 Å². The fraction of sp³-hybridized carbons (Fsp3) is 0.350. The zero-order chi connectivity index (χ0) is 17.6. The van der Waals surface area contributed by atoms with Crippen molar-refractivity contribution < 1.29 is 4.74 Å².